The number of pyridine rings is 1. The van der Waals surface area contributed by atoms with Gasteiger partial charge >= 0.3 is 5.97 Å². The van der Waals surface area contributed by atoms with Crippen molar-refractivity contribution < 1.29 is 14.3 Å². The van der Waals surface area contributed by atoms with Crippen LogP contribution in [0.2, 0.25) is 0 Å². The van der Waals surface area contributed by atoms with Crippen molar-refractivity contribution in [3.63, 3.8) is 0 Å². The van der Waals surface area contributed by atoms with E-state index in [4.69, 9.17) is 10.00 Å². The standard InChI is InChI=1S/C29H21BrN2O3S2/c1-3-35-28(34)23-22-14-17(2)12-13-32(22)25-24(23)27(26(33)20-8-10-21(30)11-9-20)37-29(25)36-16-19-6-4-18(15-31)5-7-19/h4-14H,3,16H2,1-2H3. The van der Waals surface area contributed by atoms with Crippen LogP contribution in [0.1, 0.15) is 49.2 Å². The number of ketones is 1. The van der Waals surface area contributed by atoms with Gasteiger partial charge in [-0.1, -0.05) is 28.1 Å². The van der Waals surface area contributed by atoms with Gasteiger partial charge in [-0.2, -0.15) is 5.26 Å². The fraction of sp³-hybridized carbons (Fsp3) is 0.138. The quantitative estimate of drug-likeness (QED) is 0.110. The fourth-order valence-electron chi connectivity index (χ4n) is 4.20. The van der Waals surface area contributed by atoms with Crippen molar-refractivity contribution in [2.75, 3.05) is 6.61 Å². The molecule has 0 N–H and O–H groups in total. The first-order valence-electron chi connectivity index (χ1n) is 11.6. The van der Waals surface area contributed by atoms with Gasteiger partial charge in [0, 0.05) is 27.4 Å². The van der Waals surface area contributed by atoms with Crippen molar-refractivity contribution in [2.24, 2.45) is 0 Å². The van der Waals surface area contributed by atoms with Crippen LogP contribution in [0.4, 0.5) is 0 Å². The summed E-state index contributed by atoms with van der Waals surface area (Å²) in [7, 11) is 0. The first-order valence-corrected chi connectivity index (χ1v) is 14.2. The number of nitriles is 1. The number of fused-ring (bicyclic) bond motifs is 3. The summed E-state index contributed by atoms with van der Waals surface area (Å²) in [5.74, 6) is 0.0824. The highest BCUT2D eigenvalue weighted by Crippen LogP contribution is 2.44. The van der Waals surface area contributed by atoms with Crippen LogP contribution in [0.15, 0.2) is 75.5 Å². The van der Waals surface area contributed by atoms with Gasteiger partial charge in [-0.25, -0.2) is 4.79 Å². The van der Waals surface area contributed by atoms with E-state index in [-0.39, 0.29) is 12.4 Å². The number of benzene rings is 2. The Bertz CT molecular complexity index is 1690. The number of hydrogen-bond donors (Lipinski definition) is 0. The summed E-state index contributed by atoms with van der Waals surface area (Å²) in [5, 5.41) is 9.72. The molecule has 0 aliphatic heterocycles. The minimum absolute atomic E-state index is 0.133. The molecule has 0 fully saturated rings. The van der Waals surface area contributed by atoms with E-state index in [9.17, 15) is 9.59 Å². The van der Waals surface area contributed by atoms with Crippen molar-refractivity contribution in [1.29, 1.82) is 5.26 Å². The number of hydrogen-bond acceptors (Lipinski definition) is 6. The molecular weight excluding hydrogens is 568 g/mol. The molecule has 0 atom stereocenters. The Balaban J connectivity index is 1.71. The van der Waals surface area contributed by atoms with Crippen LogP contribution in [0.25, 0.3) is 16.4 Å². The number of esters is 1. The normalized spacial score (nSPS) is 11.1. The van der Waals surface area contributed by atoms with E-state index in [1.165, 1.54) is 11.3 Å². The number of halogens is 1. The second-order valence-corrected chi connectivity index (χ2v) is 11.6. The first-order chi connectivity index (χ1) is 17.9. The molecule has 0 saturated carbocycles. The summed E-state index contributed by atoms with van der Waals surface area (Å²) < 4.78 is 9.28. The van der Waals surface area contributed by atoms with Gasteiger partial charge in [0.25, 0.3) is 0 Å². The lowest BCUT2D eigenvalue weighted by atomic mass is 10.1. The van der Waals surface area contributed by atoms with Crippen molar-refractivity contribution in [3.8, 4) is 6.07 Å². The van der Waals surface area contributed by atoms with Crippen LogP contribution in [-0.4, -0.2) is 22.8 Å². The second-order valence-electron chi connectivity index (χ2n) is 8.43. The van der Waals surface area contributed by atoms with E-state index in [0.717, 1.165) is 30.8 Å². The van der Waals surface area contributed by atoms with Gasteiger partial charge in [0.05, 0.1) is 43.9 Å². The summed E-state index contributed by atoms with van der Waals surface area (Å²) in [5.41, 5.74) is 5.21. The monoisotopic (exact) mass is 588 g/mol. The number of ether oxygens (including phenoxy) is 1. The molecule has 5 rings (SSSR count). The molecule has 0 aliphatic rings. The predicted octanol–water partition coefficient (Wildman–Crippen LogP) is 7.80. The molecule has 2 aromatic carbocycles. The van der Waals surface area contributed by atoms with Gasteiger partial charge < -0.3 is 9.14 Å². The van der Waals surface area contributed by atoms with Crippen molar-refractivity contribution >= 4 is 67.2 Å². The fourth-order valence-corrected chi connectivity index (χ4v) is 6.95. The third-order valence-electron chi connectivity index (χ3n) is 5.95. The number of thioether (sulfide) groups is 1. The average Bonchev–Trinajstić information content (AvgIpc) is 3.43. The Morgan fingerprint density at radius 3 is 2.51 bits per heavy atom. The predicted molar refractivity (Wildman–Crippen MR) is 152 cm³/mol. The molecule has 3 heterocycles. The van der Waals surface area contributed by atoms with Crippen molar-refractivity contribution in [2.45, 2.75) is 23.8 Å². The molecule has 0 saturated heterocycles. The second kappa shape index (κ2) is 10.5. The largest absolute Gasteiger partial charge is 0.462 e. The summed E-state index contributed by atoms with van der Waals surface area (Å²) >= 11 is 6.45. The van der Waals surface area contributed by atoms with Crippen LogP contribution < -0.4 is 0 Å². The number of carbonyl (C=O) groups is 2. The molecular formula is C29H21BrN2O3S2. The third kappa shape index (κ3) is 4.82. The Hall–Kier alpha value is -3.38. The zero-order chi connectivity index (χ0) is 26.1. The van der Waals surface area contributed by atoms with Crippen LogP contribution in [0.3, 0.4) is 0 Å². The molecule has 3 aromatic heterocycles. The first kappa shape index (κ1) is 25.3. The molecule has 5 nitrogen and oxygen atoms in total. The Morgan fingerprint density at radius 2 is 1.84 bits per heavy atom. The Morgan fingerprint density at radius 1 is 1.11 bits per heavy atom. The van der Waals surface area contributed by atoms with Gasteiger partial charge in [-0.15, -0.1) is 23.1 Å². The maximum absolute atomic E-state index is 13.8. The zero-order valence-corrected chi connectivity index (χ0v) is 23.3. The van der Waals surface area contributed by atoms with Gasteiger partial charge in [-0.05, 0) is 73.5 Å². The van der Waals surface area contributed by atoms with E-state index >= 15 is 0 Å². The summed E-state index contributed by atoms with van der Waals surface area (Å²) in [6.07, 6.45) is 1.95. The van der Waals surface area contributed by atoms with E-state index in [1.807, 2.05) is 53.9 Å². The topological polar surface area (TPSA) is 71.6 Å². The lowest BCUT2D eigenvalue weighted by Crippen LogP contribution is -2.06. The van der Waals surface area contributed by atoms with E-state index < -0.39 is 5.97 Å². The average molecular weight is 590 g/mol. The molecule has 37 heavy (non-hydrogen) atoms. The number of nitrogens with zero attached hydrogens (tertiary/aromatic N) is 2. The SMILES string of the molecule is CCOC(=O)c1c2c(C(=O)c3ccc(Br)cc3)sc(SCc3ccc(C#N)cc3)c2n2ccc(C)cc12. The summed E-state index contributed by atoms with van der Waals surface area (Å²) in [6.45, 7) is 3.99. The highest BCUT2D eigenvalue weighted by Gasteiger charge is 2.29. The summed E-state index contributed by atoms with van der Waals surface area (Å²) in [6, 6.07) is 20.8. The lowest BCUT2D eigenvalue weighted by Gasteiger charge is -2.05. The van der Waals surface area contributed by atoms with Crippen LogP contribution in [0.5, 0.6) is 0 Å². The smallest absolute Gasteiger partial charge is 0.341 e. The van der Waals surface area contributed by atoms with E-state index in [0.29, 0.717) is 32.7 Å². The summed E-state index contributed by atoms with van der Waals surface area (Å²) in [4.78, 5) is 27.6. The number of carbonyl (C=O) groups excluding carboxylic acids is 2. The van der Waals surface area contributed by atoms with Gasteiger partial charge in [0.2, 0.25) is 5.78 Å². The number of aromatic nitrogens is 1. The molecule has 8 heteroatoms. The molecule has 0 unspecified atom stereocenters. The van der Waals surface area contributed by atoms with Crippen LogP contribution in [-0.2, 0) is 10.5 Å². The third-order valence-corrected chi connectivity index (χ3v) is 8.99. The maximum Gasteiger partial charge on any atom is 0.341 e. The Kier molecular flexibility index (Phi) is 7.20. The van der Waals surface area contributed by atoms with Crippen LogP contribution in [0, 0.1) is 18.3 Å². The van der Waals surface area contributed by atoms with Gasteiger partial charge in [0.1, 0.15) is 0 Å². The van der Waals surface area contributed by atoms with Gasteiger partial charge in [-0.3, -0.25) is 4.79 Å². The van der Waals surface area contributed by atoms with Crippen LogP contribution >= 0.6 is 39.0 Å². The number of thiophene rings is 1. The minimum atomic E-state index is -0.438. The molecule has 0 bridgehead atoms. The minimum Gasteiger partial charge on any atom is -0.462 e. The highest BCUT2D eigenvalue weighted by molar-refractivity contribution is 9.10. The van der Waals surface area contributed by atoms with Gasteiger partial charge in [0.15, 0.2) is 0 Å². The molecule has 0 amide bonds. The number of rotatable bonds is 7. The molecule has 184 valence electrons. The zero-order valence-electron chi connectivity index (χ0n) is 20.1. The molecule has 0 aliphatic carbocycles. The number of aryl methyl sites for hydroxylation is 1. The Labute approximate surface area is 230 Å². The lowest BCUT2D eigenvalue weighted by molar-refractivity contribution is 0.0531. The van der Waals surface area contributed by atoms with Crippen molar-refractivity contribution in [3.05, 3.63) is 104 Å². The van der Waals surface area contributed by atoms with E-state index in [2.05, 4.69) is 22.0 Å². The molecule has 0 radical (unpaired) electrons. The highest BCUT2D eigenvalue weighted by atomic mass is 79.9. The molecule has 5 aromatic rings. The van der Waals surface area contributed by atoms with Crippen molar-refractivity contribution in [1.82, 2.24) is 4.40 Å². The maximum atomic E-state index is 13.8. The van der Waals surface area contributed by atoms with E-state index in [1.54, 1.807) is 43.0 Å². The molecule has 0 spiro atoms.